The van der Waals surface area contributed by atoms with E-state index >= 15 is 0 Å². The molecule has 0 aliphatic rings. The molecule has 0 saturated carbocycles. The van der Waals surface area contributed by atoms with E-state index in [1.807, 2.05) is 0 Å². The summed E-state index contributed by atoms with van der Waals surface area (Å²) < 4.78 is 5.31. The van der Waals surface area contributed by atoms with E-state index in [4.69, 9.17) is 25.2 Å². The summed E-state index contributed by atoms with van der Waals surface area (Å²) in [5.74, 6) is 2.65. The van der Waals surface area contributed by atoms with Crippen molar-refractivity contribution in [2.24, 2.45) is 0 Å². The maximum atomic E-state index is 9.90. The van der Waals surface area contributed by atoms with E-state index in [0.717, 1.165) is 13.2 Å². The van der Waals surface area contributed by atoms with Crippen LogP contribution in [-0.2, 0) is 14.3 Å². The van der Waals surface area contributed by atoms with Crippen LogP contribution in [0, 0.1) is 11.8 Å². The molecule has 0 aliphatic heterocycles. The summed E-state index contributed by atoms with van der Waals surface area (Å²) in [5.41, 5.74) is 0. The van der Waals surface area contributed by atoms with E-state index in [-0.39, 0.29) is 12.8 Å². The number of unbranched alkanes of at least 4 members (excludes halogenated alkanes) is 3. The molecule has 0 amide bonds. The molecule has 4 N–H and O–H groups in total. The van der Waals surface area contributed by atoms with Crippen LogP contribution in [0.15, 0.2) is 0 Å². The number of ether oxygens (including phenoxy) is 1. The van der Waals surface area contributed by atoms with Crippen molar-refractivity contribution < 1.29 is 34.8 Å². The molecule has 25 heavy (non-hydrogen) atoms. The molecule has 0 saturated heterocycles. The third kappa shape index (κ3) is 45.0. The first-order valence-corrected chi connectivity index (χ1v) is 8.61. The molecule has 148 valence electrons. The number of hydrogen-bond acceptors (Lipinski definition) is 5. The number of aliphatic hydroxyl groups excluding tert-OH is 1. The largest absolute Gasteiger partial charge is 0.481 e. The van der Waals surface area contributed by atoms with E-state index in [2.05, 4.69) is 25.7 Å². The van der Waals surface area contributed by atoms with Crippen LogP contribution < -0.4 is 0 Å². The molecule has 0 aromatic rings. The molecule has 0 bridgehead atoms. The number of hydrogen-bond donors (Lipinski definition) is 4. The number of carboxylic acids is 2. The molecular formula is C18H34O7. The molecular weight excluding hydrogens is 328 g/mol. The molecule has 0 unspecified atom stereocenters. The maximum Gasteiger partial charge on any atom is 0.303 e. The molecule has 0 aliphatic carbocycles. The van der Waals surface area contributed by atoms with E-state index in [9.17, 15) is 9.59 Å². The minimum atomic E-state index is -1.46. The second kappa shape index (κ2) is 24.6. The summed E-state index contributed by atoms with van der Waals surface area (Å²) in [6.07, 6.45) is 4.46. The van der Waals surface area contributed by atoms with Crippen LogP contribution in [0.1, 0.15) is 72.1 Å². The number of rotatable bonds is 11. The van der Waals surface area contributed by atoms with Crippen LogP contribution >= 0.6 is 0 Å². The third-order valence-electron chi connectivity index (χ3n) is 2.59. The first kappa shape index (κ1) is 28.2. The molecule has 0 radical (unpaired) electrons. The summed E-state index contributed by atoms with van der Waals surface area (Å²) in [4.78, 5) is 19.8. The van der Waals surface area contributed by atoms with Crippen LogP contribution in [-0.4, -0.2) is 51.9 Å². The van der Waals surface area contributed by atoms with Crippen molar-refractivity contribution in [3.05, 3.63) is 0 Å². The highest BCUT2D eigenvalue weighted by atomic mass is 16.5. The quantitative estimate of drug-likeness (QED) is 0.253. The van der Waals surface area contributed by atoms with Gasteiger partial charge in [0.2, 0.25) is 6.29 Å². The smallest absolute Gasteiger partial charge is 0.303 e. The average molecular weight is 362 g/mol. The summed E-state index contributed by atoms with van der Waals surface area (Å²) >= 11 is 0. The Labute approximate surface area is 151 Å². The molecule has 0 fully saturated rings. The van der Waals surface area contributed by atoms with Gasteiger partial charge in [-0.05, 0) is 38.5 Å². The number of carboxylic acid groups (broad SMARTS) is 2. The SMILES string of the molecule is CC#CC(O)O.CCCCOCCCC.O=C(O)CCCCC(=O)O. The highest BCUT2D eigenvalue weighted by molar-refractivity contribution is 5.67. The van der Waals surface area contributed by atoms with Gasteiger partial charge in [0.05, 0.1) is 0 Å². The third-order valence-corrected chi connectivity index (χ3v) is 2.59. The van der Waals surface area contributed by atoms with Gasteiger partial charge in [0.15, 0.2) is 0 Å². The van der Waals surface area contributed by atoms with Gasteiger partial charge in [0, 0.05) is 26.1 Å². The van der Waals surface area contributed by atoms with Crippen LogP contribution in [0.4, 0.5) is 0 Å². The fourth-order valence-corrected chi connectivity index (χ4v) is 1.28. The minimum Gasteiger partial charge on any atom is -0.481 e. The van der Waals surface area contributed by atoms with Crippen LogP contribution in [0.2, 0.25) is 0 Å². The first-order valence-electron chi connectivity index (χ1n) is 8.61. The number of aliphatic hydroxyl groups is 2. The van der Waals surface area contributed by atoms with Gasteiger partial charge in [0.1, 0.15) is 0 Å². The molecule has 7 heteroatoms. The lowest BCUT2D eigenvalue weighted by Crippen LogP contribution is -1.97. The lowest BCUT2D eigenvalue weighted by Gasteiger charge is -1.99. The van der Waals surface area contributed by atoms with Gasteiger partial charge in [0.25, 0.3) is 0 Å². The highest BCUT2D eigenvalue weighted by Crippen LogP contribution is 1.98. The Morgan fingerprint density at radius 3 is 1.48 bits per heavy atom. The molecule has 0 atom stereocenters. The first-order chi connectivity index (χ1) is 11.8. The van der Waals surface area contributed by atoms with E-state index in [1.165, 1.54) is 25.7 Å². The molecule has 0 heterocycles. The second-order valence-corrected chi connectivity index (χ2v) is 5.08. The van der Waals surface area contributed by atoms with Gasteiger partial charge in [-0.15, -0.1) is 5.92 Å². The Bertz CT molecular complexity index is 334. The van der Waals surface area contributed by atoms with Crippen molar-refractivity contribution in [1.29, 1.82) is 0 Å². The maximum absolute atomic E-state index is 9.90. The summed E-state index contributed by atoms with van der Waals surface area (Å²) in [7, 11) is 0. The zero-order valence-electron chi connectivity index (χ0n) is 15.7. The summed E-state index contributed by atoms with van der Waals surface area (Å²) in [6, 6.07) is 0. The fourth-order valence-electron chi connectivity index (χ4n) is 1.28. The molecule has 7 nitrogen and oxygen atoms in total. The Kier molecular flexibility index (Phi) is 27.8. The molecule has 0 rings (SSSR count). The van der Waals surface area contributed by atoms with E-state index in [1.54, 1.807) is 6.92 Å². The van der Waals surface area contributed by atoms with Crippen molar-refractivity contribution >= 4 is 11.9 Å². The van der Waals surface area contributed by atoms with Crippen LogP contribution in [0.3, 0.4) is 0 Å². The minimum absolute atomic E-state index is 0.0628. The van der Waals surface area contributed by atoms with Gasteiger partial charge in [-0.25, -0.2) is 0 Å². The number of carbonyl (C=O) groups is 2. The van der Waals surface area contributed by atoms with Gasteiger partial charge in [-0.3, -0.25) is 9.59 Å². The highest BCUT2D eigenvalue weighted by Gasteiger charge is 1.99. The normalized spacial score (nSPS) is 9.04. The predicted octanol–water partition coefficient (Wildman–Crippen LogP) is 2.64. The average Bonchev–Trinajstić information content (AvgIpc) is 2.52. The lowest BCUT2D eigenvalue weighted by molar-refractivity contribution is -0.139. The Balaban J connectivity index is -0.000000300. The van der Waals surface area contributed by atoms with Crippen LogP contribution in [0.5, 0.6) is 0 Å². The Morgan fingerprint density at radius 2 is 1.28 bits per heavy atom. The predicted molar refractivity (Wildman–Crippen MR) is 96.1 cm³/mol. The standard InChI is InChI=1S/C8H18O.C6H10O4.C4H6O2/c1-3-5-7-9-8-6-4-2;7-5(8)3-1-2-4-6(9)10;1-2-3-4(5)6/h3-8H2,1-2H3;1-4H2,(H,7,8)(H,9,10);4-6H,1H3. The van der Waals surface area contributed by atoms with E-state index < -0.39 is 18.2 Å². The van der Waals surface area contributed by atoms with Crippen molar-refractivity contribution in [2.45, 2.75) is 78.4 Å². The van der Waals surface area contributed by atoms with Crippen LogP contribution in [0.25, 0.3) is 0 Å². The Morgan fingerprint density at radius 1 is 0.880 bits per heavy atom. The van der Waals surface area contributed by atoms with Crippen molar-refractivity contribution in [1.82, 2.24) is 0 Å². The zero-order chi connectivity index (χ0) is 19.9. The number of aliphatic carboxylic acids is 2. The topological polar surface area (TPSA) is 124 Å². The van der Waals surface area contributed by atoms with Gasteiger partial charge >= 0.3 is 11.9 Å². The monoisotopic (exact) mass is 362 g/mol. The van der Waals surface area contributed by atoms with E-state index in [0.29, 0.717) is 12.8 Å². The van der Waals surface area contributed by atoms with Crippen molar-refractivity contribution in [3.63, 3.8) is 0 Å². The molecule has 0 spiro atoms. The van der Waals surface area contributed by atoms with Gasteiger partial charge < -0.3 is 25.2 Å². The van der Waals surface area contributed by atoms with Gasteiger partial charge in [-0.1, -0.05) is 26.7 Å². The summed E-state index contributed by atoms with van der Waals surface area (Å²) in [5, 5.41) is 32.1. The lowest BCUT2D eigenvalue weighted by atomic mass is 10.2. The molecule has 0 aromatic heterocycles. The Hall–Kier alpha value is -1.62. The van der Waals surface area contributed by atoms with Gasteiger partial charge in [-0.2, -0.15) is 0 Å². The van der Waals surface area contributed by atoms with Crippen molar-refractivity contribution in [2.75, 3.05) is 13.2 Å². The summed E-state index contributed by atoms with van der Waals surface area (Å²) in [6.45, 7) is 7.82. The fraction of sp³-hybridized carbons (Fsp3) is 0.778. The zero-order valence-corrected chi connectivity index (χ0v) is 15.7. The second-order valence-electron chi connectivity index (χ2n) is 5.08. The van der Waals surface area contributed by atoms with Crippen molar-refractivity contribution in [3.8, 4) is 11.8 Å². The molecule has 0 aromatic carbocycles.